The second kappa shape index (κ2) is 3.02. The van der Waals surface area contributed by atoms with Crippen LogP contribution >= 0.6 is 0 Å². The maximum atomic E-state index is 3.80. The van der Waals surface area contributed by atoms with E-state index in [9.17, 15) is 0 Å². The van der Waals surface area contributed by atoms with Gasteiger partial charge in [0, 0.05) is 6.04 Å². The van der Waals surface area contributed by atoms with Crippen LogP contribution in [0.25, 0.3) is 0 Å². The van der Waals surface area contributed by atoms with Gasteiger partial charge in [-0.2, -0.15) is 0 Å². The molecule has 1 unspecified atom stereocenters. The molecule has 1 heteroatoms. The molecule has 1 nitrogen and oxygen atoms in total. The predicted octanol–water partition coefficient (Wildman–Crippen LogP) is 1.66. The van der Waals surface area contributed by atoms with Gasteiger partial charge in [0.05, 0.1) is 0 Å². The highest BCUT2D eigenvalue weighted by atomic mass is 15.2. The van der Waals surface area contributed by atoms with Crippen LogP contribution < -0.4 is 0 Å². The summed E-state index contributed by atoms with van der Waals surface area (Å²) in [5, 5.41) is 0. The molecule has 1 atom stereocenters. The van der Waals surface area contributed by atoms with E-state index in [1.807, 2.05) is 0 Å². The molecule has 0 spiro atoms. The van der Waals surface area contributed by atoms with Gasteiger partial charge in [0.15, 0.2) is 0 Å². The van der Waals surface area contributed by atoms with Crippen molar-refractivity contribution in [3.8, 4) is 0 Å². The van der Waals surface area contributed by atoms with Crippen LogP contribution in [0.15, 0.2) is 12.7 Å². The number of nitrogens with zero attached hydrogens (tertiary/aromatic N) is 1. The third-order valence-electron chi connectivity index (χ3n) is 2.09. The Bertz CT molecular complexity index is 98.7. The van der Waals surface area contributed by atoms with Crippen molar-refractivity contribution in [1.82, 2.24) is 4.90 Å². The van der Waals surface area contributed by atoms with Crippen LogP contribution in [0.3, 0.4) is 0 Å². The first-order chi connectivity index (χ1) is 4.38. The Labute approximate surface area is 57.4 Å². The largest absolute Gasteiger partial charge is 0.297 e. The van der Waals surface area contributed by atoms with E-state index < -0.39 is 0 Å². The number of likely N-dealkylation sites (tertiary alicyclic amines) is 1. The van der Waals surface area contributed by atoms with Crippen LogP contribution in [0.1, 0.15) is 19.8 Å². The molecule has 0 amide bonds. The van der Waals surface area contributed by atoms with E-state index in [1.54, 1.807) is 0 Å². The summed E-state index contributed by atoms with van der Waals surface area (Å²) in [5.74, 6) is 0. The SMILES string of the molecule is C=CC1CCCN1CC. The van der Waals surface area contributed by atoms with Gasteiger partial charge < -0.3 is 0 Å². The molecule has 1 aliphatic rings. The molecule has 52 valence electrons. The Balaban J connectivity index is 2.41. The number of rotatable bonds is 2. The smallest absolute Gasteiger partial charge is 0.0275 e. The van der Waals surface area contributed by atoms with E-state index in [-0.39, 0.29) is 0 Å². The summed E-state index contributed by atoms with van der Waals surface area (Å²) in [6.45, 7) is 8.46. The van der Waals surface area contributed by atoms with Crippen molar-refractivity contribution in [3.05, 3.63) is 12.7 Å². The highest BCUT2D eigenvalue weighted by molar-refractivity contribution is 4.91. The highest BCUT2D eigenvalue weighted by Crippen LogP contribution is 2.16. The van der Waals surface area contributed by atoms with Crippen LogP contribution in [0, 0.1) is 0 Å². The Kier molecular flexibility index (Phi) is 2.29. The number of hydrogen-bond acceptors (Lipinski definition) is 1. The molecule has 0 aromatic rings. The molecule has 1 fully saturated rings. The van der Waals surface area contributed by atoms with Crippen molar-refractivity contribution >= 4 is 0 Å². The van der Waals surface area contributed by atoms with E-state index in [4.69, 9.17) is 0 Å². The zero-order valence-corrected chi connectivity index (χ0v) is 6.14. The molecule has 0 aromatic carbocycles. The van der Waals surface area contributed by atoms with Gasteiger partial charge in [0.2, 0.25) is 0 Å². The normalized spacial score (nSPS) is 28.8. The third-order valence-corrected chi connectivity index (χ3v) is 2.09. The summed E-state index contributed by atoms with van der Waals surface area (Å²) >= 11 is 0. The van der Waals surface area contributed by atoms with Gasteiger partial charge in [-0.05, 0) is 25.9 Å². The maximum Gasteiger partial charge on any atom is 0.0275 e. The average molecular weight is 125 g/mol. The van der Waals surface area contributed by atoms with E-state index >= 15 is 0 Å². The van der Waals surface area contributed by atoms with E-state index in [2.05, 4.69) is 24.5 Å². The van der Waals surface area contributed by atoms with Gasteiger partial charge in [0.1, 0.15) is 0 Å². The molecule has 0 aromatic heterocycles. The summed E-state index contributed by atoms with van der Waals surface area (Å²) in [5.41, 5.74) is 0. The molecular weight excluding hydrogens is 110 g/mol. The van der Waals surface area contributed by atoms with Gasteiger partial charge in [-0.15, -0.1) is 6.58 Å². The van der Waals surface area contributed by atoms with E-state index in [0.717, 1.165) is 0 Å². The molecule has 1 heterocycles. The quantitative estimate of drug-likeness (QED) is 0.507. The van der Waals surface area contributed by atoms with Crippen molar-refractivity contribution in [1.29, 1.82) is 0 Å². The minimum atomic E-state index is 0.676. The van der Waals surface area contributed by atoms with Crippen molar-refractivity contribution in [2.24, 2.45) is 0 Å². The Hall–Kier alpha value is -0.300. The van der Waals surface area contributed by atoms with Crippen molar-refractivity contribution < 1.29 is 0 Å². The fraction of sp³-hybridized carbons (Fsp3) is 0.750. The van der Waals surface area contributed by atoms with E-state index in [1.165, 1.54) is 25.9 Å². The molecule has 9 heavy (non-hydrogen) atoms. The van der Waals surface area contributed by atoms with Gasteiger partial charge in [-0.25, -0.2) is 0 Å². The molecular formula is C8H15N. The maximum absolute atomic E-state index is 3.80. The first-order valence-electron chi connectivity index (χ1n) is 3.75. The fourth-order valence-corrected chi connectivity index (χ4v) is 1.51. The van der Waals surface area contributed by atoms with Gasteiger partial charge in [0.25, 0.3) is 0 Å². The summed E-state index contributed by atoms with van der Waals surface area (Å²) in [7, 11) is 0. The first kappa shape index (κ1) is 6.81. The van der Waals surface area contributed by atoms with Crippen LogP contribution in [0.5, 0.6) is 0 Å². The lowest BCUT2D eigenvalue weighted by atomic mass is 10.2. The Morgan fingerprint density at radius 1 is 1.78 bits per heavy atom. The highest BCUT2D eigenvalue weighted by Gasteiger charge is 2.18. The molecule has 0 N–H and O–H groups in total. The van der Waals surface area contributed by atoms with Crippen molar-refractivity contribution in [2.45, 2.75) is 25.8 Å². The molecule has 0 radical (unpaired) electrons. The van der Waals surface area contributed by atoms with Crippen molar-refractivity contribution in [2.75, 3.05) is 13.1 Å². The number of likely N-dealkylation sites (N-methyl/N-ethyl adjacent to an activating group) is 1. The number of hydrogen-bond donors (Lipinski definition) is 0. The van der Waals surface area contributed by atoms with Gasteiger partial charge in [-0.3, -0.25) is 4.90 Å². The summed E-state index contributed by atoms with van der Waals surface area (Å²) in [4.78, 5) is 2.47. The predicted molar refractivity (Wildman–Crippen MR) is 40.5 cm³/mol. The lowest BCUT2D eigenvalue weighted by molar-refractivity contribution is 0.306. The molecule has 1 saturated heterocycles. The van der Waals surface area contributed by atoms with Crippen molar-refractivity contribution in [3.63, 3.8) is 0 Å². The second-order valence-corrected chi connectivity index (χ2v) is 2.57. The van der Waals surface area contributed by atoms with Crippen LogP contribution in [-0.2, 0) is 0 Å². The summed E-state index contributed by atoms with van der Waals surface area (Å²) in [6, 6.07) is 0.676. The molecule has 0 aliphatic carbocycles. The molecule has 0 saturated carbocycles. The fourth-order valence-electron chi connectivity index (χ4n) is 1.51. The van der Waals surface area contributed by atoms with Crippen LogP contribution in [0.4, 0.5) is 0 Å². The van der Waals surface area contributed by atoms with E-state index in [0.29, 0.717) is 6.04 Å². The molecule has 0 bridgehead atoms. The zero-order chi connectivity index (χ0) is 6.69. The standard InChI is InChI=1S/C8H15N/c1-3-8-6-5-7-9(8)4-2/h3,8H,1,4-7H2,2H3. The average Bonchev–Trinajstić information content (AvgIpc) is 2.33. The lowest BCUT2D eigenvalue weighted by Gasteiger charge is -2.18. The first-order valence-corrected chi connectivity index (χ1v) is 3.75. The minimum Gasteiger partial charge on any atom is -0.297 e. The van der Waals surface area contributed by atoms with Gasteiger partial charge >= 0.3 is 0 Å². The molecule has 1 aliphatic heterocycles. The summed E-state index contributed by atoms with van der Waals surface area (Å²) in [6.07, 6.45) is 4.73. The van der Waals surface area contributed by atoms with Crippen LogP contribution in [0.2, 0.25) is 0 Å². The third kappa shape index (κ3) is 1.33. The summed E-state index contributed by atoms with van der Waals surface area (Å²) < 4.78 is 0. The minimum absolute atomic E-state index is 0.676. The van der Waals surface area contributed by atoms with Gasteiger partial charge in [-0.1, -0.05) is 13.0 Å². The van der Waals surface area contributed by atoms with Crippen LogP contribution in [-0.4, -0.2) is 24.0 Å². The topological polar surface area (TPSA) is 3.24 Å². The Morgan fingerprint density at radius 3 is 3.00 bits per heavy atom. The monoisotopic (exact) mass is 125 g/mol. The lowest BCUT2D eigenvalue weighted by Crippen LogP contribution is -2.26. The molecule has 1 rings (SSSR count). The Morgan fingerprint density at radius 2 is 2.56 bits per heavy atom. The second-order valence-electron chi connectivity index (χ2n) is 2.57. The zero-order valence-electron chi connectivity index (χ0n) is 6.14.